The average Bonchev–Trinajstić information content (AvgIpc) is 2.74. The zero-order valence-electron chi connectivity index (χ0n) is 11.5. The summed E-state index contributed by atoms with van der Waals surface area (Å²) in [5, 5.41) is 9.98. The van der Waals surface area contributed by atoms with Gasteiger partial charge >= 0.3 is 11.9 Å². The Labute approximate surface area is 116 Å². The van der Waals surface area contributed by atoms with E-state index in [0.717, 1.165) is 5.56 Å². The molecule has 6 nitrogen and oxygen atoms in total. The second kappa shape index (κ2) is 5.50. The molecule has 0 aliphatic carbocycles. The van der Waals surface area contributed by atoms with E-state index >= 15 is 0 Å². The van der Waals surface area contributed by atoms with Crippen molar-refractivity contribution in [1.29, 1.82) is 0 Å². The molecule has 1 heterocycles. The van der Waals surface area contributed by atoms with Gasteiger partial charge in [0.1, 0.15) is 11.3 Å². The lowest BCUT2D eigenvalue weighted by Crippen LogP contribution is -2.30. The number of ether oxygens (including phenoxy) is 3. The van der Waals surface area contributed by atoms with Gasteiger partial charge in [0.25, 0.3) is 0 Å². The van der Waals surface area contributed by atoms with Crippen LogP contribution in [0.25, 0.3) is 0 Å². The van der Waals surface area contributed by atoms with Crippen molar-refractivity contribution in [1.82, 2.24) is 0 Å². The summed E-state index contributed by atoms with van der Waals surface area (Å²) in [6, 6.07) is 3.38. The van der Waals surface area contributed by atoms with Crippen molar-refractivity contribution < 1.29 is 28.9 Å². The SMILES string of the molecule is CCOC(=O)[C@@H](O)[C@@H]1OC(=O)c2c(OC)cc(C)cc21. The van der Waals surface area contributed by atoms with Crippen molar-refractivity contribution in [2.45, 2.75) is 26.1 Å². The number of methoxy groups -OCH3 is 1. The van der Waals surface area contributed by atoms with Crippen LogP contribution in [0, 0.1) is 6.92 Å². The van der Waals surface area contributed by atoms with E-state index in [1.807, 2.05) is 6.92 Å². The van der Waals surface area contributed by atoms with Crippen molar-refractivity contribution in [3.63, 3.8) is 0 Å². The van der Waals surface area contributed by atoms with E-state index in [2.05, 4.69) is 0 Å². The Balaban J connectivity index is 2.42. The fraction of sp³-hybridized carbons (Fsp3) is 0.429. The summed E-state index contributed by atoms with van der Waals surface area (Å²) in [4.78, 5) is 23.5. The maximum Gasteiger partial charge on any atom is 0.343 e. The summed E-state index contributed by atoms with van der Waals surface area (Å²) in [5.41, 5.74) is 1.51. The van der Waals surface area contributed by atoms with Crippen LogP contribution in [-0.2, 0) is 14.3 Å². The topological polar surface area (TPSA) is 82.1 Å². The molecule has 1 N–H and O–H groups in total. The Morgan fingerprint density at radius 3 is 2.80 bits per heavy atom. The van der Waals surface area contributed by atoms with Crippen molar-refractivity contribution >= 4 is 11.9 Å². The van der Waals surface area contributed by atoms with E-state index in [-0.39, 0.29) is 12.2 Å². The third-order valence-electron chi connectivity index (χ3n) is 3.06. The monoisotopic (exact) mass is 280 g/mol. The molecule has 0 unspecified atom stereocenters. The first-order chi connectivity index (χ1) is 9.49. The molecule has 0 radical (unpaired) electrons. The number of aliphatic hydroxyl groups excluding tert-OH is 1. The summed E-state index contributed by atoms with van der Waals surface area (Å²) in [6.45, 7) is 3.59. The number of rotatable bonds is 4. The number of benzene rings is 1. The standard InChI is InChI=1S/C14H16O6/c1-4-19-14(17)11(15)12-8-5-7(2)6-9(18-3)10(8)13(16)20-12/h5-6,11-12,15H,4H2,1-3H3/t11-,12+/m0/s1. The quantitative estimate of drug-likeness (QED) is 0.833. The van der Waals surface area contributed by atoms with E-state index in [4.69, 9.17) is 14.2 Å². The van der Waals surface area contributed by atoms with Gasteiger partial charge in [-0.1, -0.05) is 6.07 Å². The Kier molecular flexibility index (Phi) is 3.94. The lowest BCUT2D eigenvalue weighted by atomic mass is 9.98. The molecule has 2 rings (SSSR count). The molecule has 0 spiro atoms. The molecule has 1 aromatic carbocycles. The van der Waals surface area contributed by atoms with Gasteiger partial charge in [-0.05, 0) is 25.5 Å². The number of esters is 2. The molecule has 0 saturated heterocycles. The second-order valence-electron chi connectivity index (χ2n) is 4.45. The normalized spacial score (nSPS) is 18.2. The van der Waals surface area contributed by atoms with Gasteiger partial charge in [-0.15, -0.1) is 0 Å². The number of cyclic esters (lactones) is 1. The van der Waals surface area contributed by atoms with Gasteiger partial charge < -0.3 is 19.3 Å². The van der Waals surface area contributed by atoms with Gasteiger partial charge in [0.05, 0.1) is 13.7 Å². The summed E-state index contributed by atoms with van der Waals surface area (Å²) in [6.07, 6.45) is -2.61. The number of hydrogen-bond acceptors (Lipinski definition) is 6. The van der Waals surface area contributed by atoms with Crippen LogP contribution in [-0.4, -0.2) is 36.9 Å². The van der Waals surface area contributed by atoms with Crippen LogP contribution in [0.2, 0.25) is 0 Å². The smallest absolute Gasteiger partial charge is 0.343 e. The van der Waals surface area contributed by atoms with E-state index in [9.17, 15) is 14.7 Å². The third kappa shape index (κ3) is 2.34. The molecular weight excluding hydrogens is 264 g/mol. The van der Waals surface area contributed by atoms with Gasteiger partial charge in [-0.2, -0.15) is 0 Å². The first kappa shape index (κ1) is 14.3. The molecule has 0 saturated carbocycles. The molecule has 1 aromatic rings. The largest absolute Gasteiger partial charge is 0.496 e. The number of aryl methyl sites for hydroxylation is 1. The van der Waals surface area contributed by atoms with Crippen LogP contribution >= 0.6 is 0 Å². The first-order valence-electron chi connectivity index (χ1n) is 6.23. The third-order valence-corrected chi connectivity index (χ3v) is 3.06. The average molecular weight is 280 g/mol. The van der Waals surface area contributed by atoms with Crippen LogP contribution in [0.4, 0.5) is 0 Å². The minimum Gasteiger partial charge on any atom is -0.496 e. The van der Waals surface area contributed by atoms with Crippen molar-refractivity contribution in [2.24, 2.45) is 0 Å². The van der Waals surface area contributed by atoms with Crippen LogP contribution in [0.3, 0.4) is 0 Å². The highest BCUT2D eigenvalue weighted by atomic mass is 16.6. The Hall–Kier alpha value is -2.08. The number of carbonyl (C=O) groups is 2. The van der Waals surface area contributed by atoms with Gasteiger partial charge in [0.15, 0.2) is 12.2 Å². The molecule has 20 heavy (non-hydrogen) atoms. The lowest BCUT2D eigenvalue weighted by molar-refractivity contribution is -0.159. The molecule has 0 aromatic heterocycles. The maximum atomic E-state index is 11.9. The predicted octanol–water partition coefficient (Wildman–Crippen LogP) is 1.14. The van der Waals surface area contributed by atoms with Crippen molar-refractivity contribution in [3.05, 3.63) is 28.8 Å². The summed E-state index contributed by atoms with van der Waals surface area (Å²) >= 11 is 0. The van der Waals surface area contributed by atoms with Crippen LogP contribution in [0.5, 0.6) is 5.75 Å². The molecule has 0 amide bonds. The molecule has 0 fully saturated rings. The highest BCUT2D eigenvalue weighted by Crippen LogP contribution is 2.39. The van der Waals surface area contributed by atoms with Gasteiger partial charge in [0.2, 0.25) is 0 Å². The maximum absolute atomic E-state index is 11.9. The fourth-order valence-electron chi connectivity index (χ4n) is 2.21. The molecule has 6 heteroatoms. The van der Waals surface area contributed by atoms with Crippen LogP contribution < -0.4 is 4.74 Å². The summed E-state index contributed by atoms with van der Waals surface area (Å²) in [5.74, 6) is -1.08. The number of hydrogen-bond donors (Lipinski definition) is 1. The van der Waals surface area contributed by atoms with E-state index < -0.39 is 24.1 Å². The molecular formula is C14H16O6. The highest BCUT2D eigenvalue weighted by molar-refractivity contribution is 5.98. The Bertz CT molecular complexity index is 551. The van der Waals surface area contributed by atoms with Crippen molar-refractivity contribution in [2.75, 3.05) is 13.7 Å². The van der Waals surface area contributed by atoms with Crippen molar-refractivity contribution in [3.8, 4) is 5.75 Å². The molecule has 1 aliphatic heterocycles. The molecule has 1 aliphatic rings. The number of aliphatic hydroxyl groups is 1. The predicted molar refractivity (Wildman–Crippen MR) is 68.5 cm³/mol. The zero-order valence-corrected chi connectivity index (χ0v) is 11.5. The lowest BCUT2D eigenvalue weighted by Gasteiger charge is -2.16. The van der Waals surface area contributed by atoms with E-state index in [1.165, 1.54) is 7.11 Å². The van der Waals surface area contributed by atoms with E-state index in [1.54, 1.807) is 19.1 Å². The zero-order chi connectivity index (χ0) is 14.9. The summed E-state index contributed by atoms with van der Waals surface area (Å²) < 4.78 is 15.0. The highest BCUT2D eigenvalue weighted by Gasteiger charge is 2.42. The van der Waals surface area contributed by atoms with Crippen LogP contribution in [0.15, 0.2) is 12.1 Å². The van der Waals surface area contributed by atoms with E-state index in [0.29, 0.717) is 11.3 Å². The summed E-state index contributed by atoms with van der Waals surface area (Å²) in [7, 11) is 1.44. The number of carbonyl (C=O) groups excluding carboxylic acids is 2. The minimum absolute atomic E-state index is 0.139. The van der Waals surface area contributed by atoms with Crippen LogP contribution in [0.1, 0.15) is 34.5 Å². The Morgan fingerprint density at radius 1 is 1.50 bits per heavy atom. The van der Waals surface area contributed by atoms with Gasteiger partial charge in [-0.25, -0.2) is 9.59 Å². The number of fused-ring (bicyclic) bond motifs is 1. The second-order valence-corrected chi connectivity index (χ2v) is 4.45. The molecule has 108 valence electrons. The molecule has 0 bridgehead atoms. The fourth-order valence-corrected chi connectivity index (χ4v) is 2.21. The first-order valence-corrected chi connectivity index (χ1v) is 6.23. The molecule has 2 atom stereocenters. The van der Waals surface area contributed by atoms with Gasteiger partial charge in [0, 0.05) is 5.56 Å². The minimum atomic E-state index is -1.55. The van der Waals surface area contributed by atoms with Gasteiger partial charge in [-0.3, -0.25) is 0 Å². The Morgan fingerprint density at radius 2 is 2.20 bits per heavy atom.